The van der Waals surface area contributed by atoms with E-state index in [4.69, 9.17) is 4.74 Å². The van der Waals surface area contributed by atoms with Gasteiger partial charge in [-0.15, -0.1) is 0 Å². The second-order valence-corrected chi connectivity index (χ2v) is 7.91. The lowest BCUT2D eigenvalue weighted by atomic mass is 9.94. The highest BCUT2D eigenvalue weighted by Crippen LogP contribution is 2.36. The first kappa shape index (κ1) is 19.3. The summed E-state index contributed by atoms with van der Waals surface area (Å²) in [5.74, 6) is 0.734. The standard InChI is InChI=1S/C23H24N6O2/c1-13-11-17(19-14(2)27-28(3)22(19)26-13)23(30)29-10-9-18-20(25-12-24-18)21(29)15-5-7-16(31-4)8-6-15/h5-8,11-12,21H,9-10H2,1-4H3,(H,24,25)/t21-/m0/s1. The molecule has 5 rings (SSSR count). The van der Waals surface area contributed by atoms with E-state index in [9.17, 15) is 4.79 Å². The van der Waals surface area contributed by atoms with Crippen LogP contribution in [0.15, 0.2) is 36.7 Å². The van der Waals surface area contributed by atoms with Crippen molar-refractivity contribution in [3.63, 3.8) is 0 Å². The fourth-order valence-corrected chi connectivity index (χ4v) is 4.51. The van der Waals surface area contributed by atoms with E-state index >= 15 is 0 Å². The van der Waals surface area contributed by atoms with E-state index in [0.29, 0.717) is 12.1 Å². The van der Waals surface area contributed by atoms with E-state index < -0.39 is 0 Å². The van der Waals surface area contributed by atoms with E-state index in [0.717, 1.165) is 51.5 Å². The molecular weight excluding hydrogens is 392 g/mol. The Kier molecular flexibility index (Phi) is 4.50. The molecule has 1 aromatic carbocycles. The first-order valence-electron chi connectivity index (χ1n) is 10.3. The van der Waals surface area contributed by atoms with Gasteiger partial charge in [0.25, 0.3) is 5.91 Å². The van der Waals surface area contributed by atoms with Gasteiger partial charge in [-0.3, -0.25) is 9.48 Å². The van der Waals surface area contributed by atoms with E-state index in [1.165, 1.54) is 0 Å². The average molecular weight is 416 g/mol. The van der Waals surface area contributed by atoms with E-state index in [1.807, 2.05) is 56.1 Å². The number of aromatic amines is 1. The Labute approximate surface area is 179 Å². The van der Waals surface area contributed by atoms with Crippen molar-refractivity contribution in [2.24, 2.45) is 7.05 Å². The quantitative estimate of drug-likeness (QED) is 0.554. The second kappa shape index (κ2) is 7.23. The Morgan fingerprint density at radius 3 is 2.74 bits per heavy atom. The van der Waals surface area contributed by atoms with Crippen LogP contribution < -0.4 is 4.74 Å². The largest absolute Gasteiger partial charge is 0.497 e. The number of hydrogen-bond donors (Lipinski definition) is 1. The number of methoxy groups -OCH3 is 1. The van der Waals surface area contributed by atoms with Crippen LogP contribution in [0, 0.1) is 13.8 Å². The zero-order valence-corrected chi connectivity index (χ0v) is 18.0. The summed E-state index contributed by atoms with van der Waals surface area (Å²) in [4.78, 5) is 28.3. The Bertz CT molecular complexity index is 1290. The van der Waals surface area contributed by atoms with Crippen LogP contribution in [0.3, 0.4) is 0 Å². The smallest absolute Gasteiger partial charge is 0.255 e. The number of nitrogens with zero attached hydrogens (tertiary/aromatic N) is 5. The number of fused-ring (bicyclic) bond motifs is 2. The number of H-pyrrole nitrogens is 1. The number of aryl methyl sites for hydroxylation is 3. The van der Waals surface area contributed by atoms with E-state index in [2.05, 4.69) is 20.1 Å². The molecule has 0 unspecified atom stereocenters. The van der Waals surface area contributed by atoms with Gasteiger partial charge in [-0.05, 0) is 37.6 Å². The van der Waals surface area contributed by atoms with Gasteiger partial charge in [-0.1, -0.05) is 12.1 Å². The topological polar surface area (TPSA) is 88.9 Å². The van der Waals surface area contributed by atoms with Gasteiger partial charge in [0.05, 0.1) is 35.8 Å². The maximum absolute atomic E-state index is 14.0. The van der Waals surface area contributed by atoms with Crippen molar-refractivity contribution in [2.45, 2.75) is 26.3 Å². The van der Waals surface area contributed by atoms with Crippen molar-refractivity contribution in [1.82, 2.24) is 29.6 Å². The molecule has 0 fully saturated rings. The molecule has 1 amide bonds. The van der Waals surface area contributed by atoms with Crippen molar-refractivity contribution in [3.05, 3.63) is 70.6 Å². The average Bonchev–Trinajstić information content (AvgIpc) is 3.36. The van der Waals surface area contributed by atoms with Gasteiger partial charge in [0.2, 0.25) is 0 Å². The molecule has 4 heterocycles. The van der Waals surface area contributed by atoms with Gasteiger partial charge in [-0.25, -0.2) is 9.97 Å². The number of rotatable bonds is 3. The van der Waals surface area contributed by atoms with Gasteiger partial charge in [-0.2, -0.15) is 5.10 Å². The van der Waals surface area contributed by atoms with Crippen LogP contribution >= 0.6 is 0 Å². The van der Waals surface area contributed by atoms with Crippen LogP contribution in [-0.2, 0) is 13.5 Å². The summed E-state index contributed by atoms with van der Waals surface area (Å²) < 4.78 is 7.05. The summed E-state index contributed by atoms with van der Waals surface area (Å²) in [6.45, 7) is 4.41. The third kappa shape index (κ3) is 3.06. The number of carbonyl (C=O) groups is 1. The third-order valence-electron chi connectivity index (χ3n) is 5.94. The summed E-state index contributed by atoms with van der Waals surface area (Å²) in [5, 5.41) is 5.30. The first-order valence-corrected chi connectivity index (χ1v) is 10.3. The van der Waals surface area contributed by atoms with Crippen molar-refractivity contribution >= 4 is 16.9 Å². The number of benzene rings is 1. The maximum atomic E-state index is 14.0. The Hall–Kier alpha value is -3.68. The fourth-order valence-electron chi connectivity index (χ4n) is 4.51. The first-order chi connectivity index (χ1) is 15.0. The molecule has 0 radical (unpaired) electrons. The molecule has 0 aliphatic carbocycles. The molecule has 31 heavy (non-hydrogen) atoms. The molecule has 8 nitrogen and oxygen atoms in total. The molecule has 1 atom stereocenters. The maximum Gasteiger partial charge on any atom is 0.255 e. The highest BCUT2D eigenvalue weighted by atomic mass is 16.5. The Balaban J connectivity index is 1.65. The summed E-state index contributed by atoms with van der Waals surface area (Å²) in [6.07, 6.45) is 2.43. The molecule has 3 aromatic heterocycles. The van der Waals surface area contributed by atoms with Crippen molar-refractivity contribution in [3.8, 4) is 5.75 Å². The molecule has 4 aromatic rings. The minimum Gasteiger partial charge on any atom is -0.497 e. The lowest BCUT2D eigenvalue weighted by molar-refractivity contribution is 0.0692. The molecule has 158 valence electrons. The normalized spacial score (nSPS) is 15.9. The lowest BCUT2D eigenvalue weighted by Crippen LogP contribution is -2.41. The van der Waals surface area contributed by atoms with E-state index in [1.54, 1.807) is 18.1 Å². The number of amides is 1. The number of aromatic nitrogens is 5. The van der Waals surface area contributed by atoms with E-state index in [-0.39, 0.29) is 11.9 Å². The molecule has 1 N–H and O–H groups in total. The van der Waals surface area contributed by atoms with Gasteiger partial charge >= 0.3 is 0 Å². The van der Waals surface area contributed by atoms with Crippen LogP contribution in [-0.4, -0.2) is 49.2 Å². The highest BCUT2D eigenvalue weighted by Gasteiger charge is 2.35. The Morgan fingerprint density at radius 1 is 1.23 bits per heavy atom. The molecule has 0 saturated heterocycles. The van der Waals surface area contributed by atoms with Crippen LogP contribution in [0.25, 0.3) is 11.0 Å². The van der Waals surface area contributed by atoms with Crippen LogP contribution in [0.2, 0.25) is 0 Å². The molecular formula is C23H24N6O2. The summed E-state index contributed by atoms with van der Waals surface area (Å²) in [6, 6.07) is 9.41. The number of nitrogens with one attached hydrogen (secondary N) is 1. The lowest BCUT2D eigenvalue weighted by Gasteiger charge is -2.35. The molecule has 1 aliphatic heterocycles. The minimum absolute atomic E-state index is 0.0407. The van der Waals surface area contributed by atoms with Crippen LogP contribution in [0.5, 0.6) is 5.75 Å². The molecule has 1 aliphatic rings. The molecule has 0 saturated carbocycles. The number of pyridine rings is 1. The second-order valence-electron chi connectivity index (χ2n) is 7.91. The molecule has 0 spiro atoms. The number of carbonyl (C=O) groups excluding carboxylic acids is 1. The van der Waals surface area contributed by atoms with Gasteiger partial charge in [0, 0.05) is 31.4 Å². The van der Waals surface area contributed by atoms with Crippen LogP contribution in [0.4, 0.5) is 0 Å². The predicted octanol–water partition coefficient (Wildman–Crippen LogP) is 3.10. The third-order valence-corrected chi connectivity index (χ3v) is 5.94. The van der Waals surface area contributed by atoms with Crippen molar-refractivity contribution in [2.75, 3.05) is 13.7 Å². The predicted molar refractivity (Wildman–Crippen MR) is 116 cm³/mol. The SMILES string of the molecule is COc1ccc([C@H]2c3nc[nH]c3CCN2C(=O)c2cc(C)nc3c2c(C)nn3C)cc1. The van der Waals surface area contributed by atoms with Crippen LogP contribution in [0.1, 0.15) is 44.7 Å². The summed E-state index contributed by atoms with van der Waals surface area (Å²) in [5.41, 5.74) is 5.88. The number of ether oxygens (including phenoxy) is 1. The van der Waals surface area contributed by atoms with Crippen molar-refractivity contribution < 1.29 is 9.53 Å². The van der Waals surface area contributed by atoms with Gasteiger partial charge in [0.15, 0.2) is 5.65 Å². The minimum atomic E-state index is -0.283. The van der Waals surface area contributed by atoms with Gasteiger partial charge in [0.1, 0.15) is 11.8 Å². The monoisotopic (exact) mass is 416 g/mol. The summed E-state index contributed by atoms with van der Waals surface area (Å²) in [7, 11) is 3.50. The molecule has 0 bridgehead atoms. The Morgan fingerprint density at radius 2 is 2.00 bits per heavy atom. The highest BCUT2D eigenvalue weighted by molar-refractivity contribution is 6.06. The van der Waals surface area contributed by atoms with Crippen molar-refractivity contribution in [1.29, 1.82) is 0 Å². The molecule has 8 heteroatoms. The fraction of sp³-hybridized carbons (Fsp3) is 0.304. The number of imidazole rings is 1. The van der Waals surface area contributed by atoms with Gasteiger partial charge < -0.3 is 14.6 Å². The number of hydrogen-bond acceptors (Lipinski definition) is 5. The summed E-state index contributed by atoms with van der Waals surface area (Å²) >= 11 is 0. The zero-order chi connectivity index (χ0) is 21.7. The zero-order valence-electron chi connectivity index (χ0n) is 18.0.